The molecular weight excluding hydrogens is 496 g/mol. The summed E-state index contributed by atoms with van der Waals surface area (Å²) < 4.78 is 29.5. The lowest BCUT2D eigenvalue weighted by atomic mass is 10.0. The van der Waals surface area contributed by atoms with E-state index in [1.165, 1.54) is 24.3 Å². The number of aromatic nitrogens is 1. The molecule has 0 aliphatic carbocycles. The Morgan fingerprint density at radius 3 is 1.85 bits per heavy atom. The fraction of sp³-hybridized carbons (Fsp3) is 0. The highest BCUT2D eigenvalue weighted by Gasteiger charge is 2.23. The van der Waals surface area contributed by atoms with Crippen LogP contribution < -0.4 is 0 Å². The Bertz CT molecular complexity index is 1790. The molecule has 5 aromatic rings. The number of amidine groups is 1. The zero-order chi connectivity index (χ0) is 26.9. The molecule has 0 saturated carbocycles. The Morgan fingerprint density at radius 1 is 0.641 bits per heavy atom. The topological polar surface area (TPSA) is 81.0 Å². The van der Waals surface area contributed by atoms with Crippen LogP contribution in [-0.4, -0.2) is 26.7 Å². The van der Waals surface area contributed by atoms with Gasteiger partial charge in [-0.1, -0.05) is 60.7 Å². The number of benzene rings is 4. The Morgan fingerprint density at radius 2 is 1.23 bits per heavy atom. The minimum absolute atomic E-state index is 0.168. The van der Waals surface area contributed by atoms with E-state index in [2.05, 4.69) is 9.98 Å². The first-order valence-corrected chi connectivity index (χ1v) is 12.2. The van der Waals surface area contributed by atoms with E-state index in [1.54, 1.807) is 12.1 Å². The molecule has 4 aromatic carbocycles. The average Bonchev–Trinajstić information content (AvgIpc) is 3.54. The molecule has 190 valence electrons. The first-order chi connectivity index (χ1) is 19.0. The van der Waals surface area contributed by atoms with E-state index in [-0.39, 0.29) is 22.6 Å². The van der Waals surface area contributed by atoms with Gasteiger partial charge >= 0.3 is 0 Å². The van der Waals surface area contributed by atoms with Crippen LogP contribution in [0.2, 0.25) is 0 Å². The average molecular weight is 518 g/mol. The van der Waals surface area contributed by atoms with Gasteiger partial charge in [0, 0.05) is 34.4 Å². The van der Waals surface area contributed by atoms with Crippen LogP contribution in [0, 0.1) is 11.6 Å². The van der Waals surface area contributed by atoms with Gasteiger partial charge in [-0.2, -0.15) is 0 Å². The summed E-state index contributed by atoms with van der Waals surface area (Å²) in [7, 11) is 0. The number of nitrogens with one attached hydrogen (secondary N) is 1. The van der Waals surface area contributed by atoms with Gasteiger partial charge in [-0.3, -0.25) is 0 Å². The quantitative estimate of drug-likeness (QED) is 0.224. The Balaban J connectivity index is 1.54. The van der Waals surface area contributed by atoms with Gasteiger partial charge < -0.3 is 15.2 Å². The summed E-state index contributed by atoms with van der Waals surface area (Å²) in [5, 5.41) is 19.3. The Kier molecular flexibility index (Phi) is 6.09. The van der Waals surface area contributed by atoms with Gasteiger partial charge in [-0.05, 0) is 47.5 Å². The molecule has 7 heteroatoms. The number of phenolic OH excluding ortho intramolecular Hbond substituents is 2. The number of aromatic hydroxyl groups is 2. The predicted octanol–water partition coefficient (Wildman–Crippen LogP) is 7.65. The molecule has 3 N–H and O–H groups in total. The molecular formula is C32H21F2N3O2. The largest absolute Gasteiger partial charge is 0.508 e. The standard InChI is InChI=1S/C32H21F2N3O2/c33-27-15-21(38)11-13-23(27)29-17-25(19-7-3-1-4-8-19)31(35-29)37-32-26(20-9-5-2-6-10-20)18-30(36-32)24-14-12-22(39)16-28(24)34/h1-18,35,38-39H/b37-32-. The molecule has 0 fully saturated rings. The van der Waals surface area contributed by atoms with Gasteiger partial charge in [0.1, 0.15) is 29.0 Å². The lowest BCUT2D eigenvalue weighted by Gasteiger charge is -2.05. The summed E-state index contributed by atoms with van der Waals surface area (Å²) in [4.78, 5) is 12.8. The van der Waals surface area contributed by atoms with E-state index in [0.29, 0.717) is 28.6 Å². The minimum atomic E-state index is -0.603. The van der Waals surface area contributed by atoms with Crippen LogP contribution in [0.25, 0.3) is 28.0 Å². The van der Waals surface area contributed by atoms with Crippen molar-refractivity contribution in [2.24, 2.45) is 9.98 Å². The molecule has 0 saturated heterocycles. The molecule has 1 aromatic heterocycles. The maximum absolute atomic E-state index is 14.8. The SMILES string of the molecule is Oc1ccc(C2=N/C(=N\c3[nH]c(-c4ccc(O)cc4F)cc3-c3ccccc3)C(c3ccccc3)=C2)c(F)c1. The smallest absolute Gasteiger partial charge is 0.162 e. The van der Waals surface area contributed by atoms with Gasteiger partial charge in [-0.25, -0.2) is 18.8 Å². The van der Waals surface area contributed by atoms with E-state index < -0.39 is 11.6 Å². The number of aliphatic imine (C=N–C) groups is 2. The van der Waals surface area contributed by atoms with Gasteiger partial charge in [0.25, 0.3) is 0 Å². The number of hydrogen-bond acceptors (Lipinski definition) is 3. The zero-order valence-corrected chi connectivity index (χ0v) is 20.4. The second kappa shape index (κ2) is 9.87. The number of aromatic amines is 1. The first-order valence-electron chi connectivity index (χ1n) is 12.2. The van der Waals surface area contributed by atoms with E-state index in [4.69, 9.17) is 4.99 Å². The number of allylic oxidation sites excluding steroid dienone is 1. The molecule has 5 nitrogen and oxygen atoms in total. The highest BCUT2D eigenvalue weighted by molar-refractivity contribution is 6.38. The number of phenols is 2. The number of halogens is 2. The van der Waals surface area contributed by atoms with E-state index in [0.717, 1.165) is 28.8 Å². The lowest BCUT2D eigenvalue weighted by Crippen LogP contribution is -1.98. The first kappa shape index (κ1) is 24.1. The van der Waals surface area contributed by atoms with Crippen molar-refractivity contribution < 1.29 is 19.0 Å². The highest BCUT2D eigenvalue weighted by atomic mass is 19.1. The van der Waals surface area contributed by atoms with Crippen molar-refractivity contribution in [3.63, 3.8) is 0 Å². The summed E-state index contributed by atoms with van der Waals surface area (Å²) in [6.07, 6.45) is 1.76. The van der Waals surface area contributed by atoms with E-state index in [1.807, 2.05) is 60.7 Å². The molecule has 1 aliphatic heterocycles. The molecule has 2 heterocycles. The third-order valence-corrected chi connectivity index (χ3v) is 6.40. The maximum Gasteiger partial charge on any atom is 0.162 e. The van der Waals surface area contributed by atoms with Crippen LogP contribution in [0.15, 0.2) is 119 Å². The van der Waals surface area contributed by atoms with Crippen molar-refractivity contribution in [3.8, 4) is 33.9 Å². The fourth-order valence-corrected chi connectivity index (χ4v) is 4.52. The molecule has 0 amide bonds. The van der Waals surface area contributed by atoms with Crippen molar-refractivity contribution in [2.75, 3.05) is 0 Å². The predicted molar refractivity (Wildman–Crippen MR) is 149 cm³/mol. The van der Waals surface area contributed by atoms with Crippen LogP contribution in [0.1, 0.15) is 11.1 Å². The van der Waals surface area contributed by atoms with Crippen molar-refractivity contribution in [1.29, 1.82) is 0 Å². The second-order valence-corrected chi connectivity index (χ2v) is 9.00. The maximum atomic E-state index is 14.8. The molecule has 0 radical (unpaired) electrons. The van der Waals surface area contributed by atoms with Crippen LogP contribution in [0.4, 0.5) is 14.6 Å². The molecule has 0 spiro atoms. The molecule has 1 aliphatic rings. The summed E-state index contributed by atoms with van der Waals surface area (Å²) in [5.41, 5.74) is 4.44. The van der Waals surface area contributed by atoms with Gasteiger partial charge in [0.2, 0.25) is 0 Å². The summed E-state index contributed by atoms with van der Waals surface area (Å²) in [6, 6.07) is 28.7. The molecule has 0 unspecified atom stereocenters. The number of rotatable bonds is 5. The lowest BCUT2D eigenvalue weighted by molar-refractivity contribution is 0.468. The van der Waals surface area contributed by atoms with E-state index in [9.17, 15) is 19.0 Å². The van der Waals surface area contributed by atoms with Gasteiger partial charge in [0.05, 0.1) is 11.4 Å². The van der Waals surface area contributed by atoms with Gasteiger partial charge in [0.15, 0.2) is 5.84 Å². The van der Waals surface area contributed by atoms with Gasteiger partial charge in [-0.15, -0.1) is 0 Å². The van der Waals surface area contributed by atoms with Crippen molar-refractivity contribution in [2.45, 2.75) is 0 Å². The van der Waals surface area contributed by atoms with E-state index >= 15 is 0 Å². The third-order valence-electron chi connectivity index (χ3n) is 6.40. The zero-order valence-electron chi connectivity index (χ0n) is 20.4. The van der Waals surface area contributed by atoms with Crippen molar-refractivity contribution in [3.05, 3.63) is 132 Å². The van der Waals surface area contributed by atoms with Crippen LogP contribution in [0.3, 0.4) is 0 Å². The summed E-state index contributed by atoms with van der Waals surface area (Å²) in [6.45, 7) is 0. The van der Waals surface area contributed by atoms with Crippen LogP contribution >= 0.6 is 0 Å². The number of nitrogens with zero attached hydrogens (tertiary/aromatic N) is 2. The van der Waals surface area contributed by atoms with Crippen LogP contribution in [-0.2, 0) is 0 Å². The monoisotopic (exact) mass is 517 g/mol. The summed E-state index contributed by atoms with van der Waals surface area (Å²) in [5.74, 6) is -0.739. The molecule has 0 bridgehead atoms. The molecule has 39 heavy (non-hydrogen) atoms. The summed E-state index contributed by atoms with van der Waals surface area (Å²) >= 11 is 0. The van der Waals surface area contributed by atoms with Crippen molar-refractivity contribution >= 4 is 22.9 Å². The number of H-pyrrole nitrogens is 1. The Hall–Kier alpha value is -5.30. The Labute approximate surface area is 222 Å². The third kappa shape index (κ3) is 4.73. The minimum Gasteiger partial charge on any atom is -0.508 e. The normalized spacial score (nSPS) is 13.9. The van der Waals surface area contributed by atoms with Crippen LogP contribution in [0.5, 0.6) is 11.5 Å². The number of hydrogen-bond donors (Lipinski definition) is 3. The second-order valence-electron chi connectivity index (χ2n) is 9.00. The molecule has 6 rings (SSSR count). The molecule has 0 atom stereocenters. The van der Waals surface area contributed by atoms with Crippen molar-refractivity contribution in [1.82, 2.24) is 4.98 Å². The fourth-order valence-electron chi connectivity index (χ4n) is 4.52. The highest BCUT2D eigenvalue weighted by Crippen LogP contribution is 2.38.